The summed E-state index contributed by atoms with van der Waals surface area (Å²) in [6.07, 6.45) is 1.68. The van der Waals surface area contributed by atoms with Crippen molar-refractivity contribution in [2.45, 2.75) is 25.7 Å². The second kappa shape index (κ2) is 5.43. The van der Waals surface area contributed by atoms with Crippen LogP contribution in [0.5, 0.6) is 0 Å². The number of benzene rings is 1. The number of fused-ring (bicyclic) bond motifs is 1. The number of H-pyrrole nitrogens is 1. The number of carbonyl (C=O) groups is 2. The van der Waals surface area contributed by atoms with Crippen LogP contribution in [0.4, 0.5) is 0 Å². The first-order valence-electron chi connectivity index (χ1n) is 6.74. The Morgan fingerprint density at radius 1 is 1.33 bits per heavy atom. The van der Waals surface area contributed by atoms with E-state index in [9.17, 15) is 9.59 Å². The number of carboxylic acid groups (broad SMARTS) is 1. The first kappa shape index (κ1) is 13.4. The van der Waals surface area contributed by atoms with E-state index in [-0.39, 0.29) is 18.1 Å². The zero-order valence-electron chi connectivity index (χ0n) is 11.2. The van der Waals surface area contributed by atoms with Gasteiger partial charge in [0, 0.05) is 11.5 Å². The second-order valence-corrected chi connectivity index (χ2v) is 5.21. The van der Waals surface area contributed by atoms with Crippen LogP contribution in [-0.4, -0.2) is 37.5 Å². The highest BCUT2D eigenvalue weighted by molar-refractivity contribution is 5.96. The van der Waals surface area contributed by atoms with Crippen LogP contribution in [0.15, 0.2) is 18.2 Å². The number of rotatable bonds is 4. The van der Waals surface area contributed by atoms with E-state index in [2.05, 4.69) is 20.6 Å². The number of hydrogen-bond acceptors (Lipinski definition) is 5. The summed E-state index contributed by atoms with van der Waals surface area (Å²) in [4.78, 5) is 22.5. The molecule has 7 nitrogen and oxygen atoms in total. The van der Waals surface area contributed by atoms with E-state index in [4.69, 9.17) is 5.11 Å². The number of carbonyl (C=O) groups excluding carboxylic acids is 1. The predicted molar refractivity (Wildman–Crippen MR) is 72.4 cm³/mol. The van der Waals surface area contributed by atoms with Crippen LogP contribution in [0.1, 0.15) is 24.0 Å². The Morgan fingerprint density at radius 3 is 2.90 bits per heavy atom. The van der Waals surface area contributed by atoms with Crippen LogP contribution in [0.2, 0.25) is 0 Å². The molecule has 0 aliphatic heterocycles. The lowest BCUT2D eigenvalue weighted by Crippen LogP contribution is -2.24. The summed E-state index contributed by atoms with van der Waals surface area (Å²) >= 11 is 0. The summed E-state index contributed by atoms with van der Waals surface area (Å²) in [6, 6.07) is 5.90. The molecule has 0 fully saturated rings. The zero-order chi connectivity index (χ0) is 14.8. The molecule has 21 heavy (non-hydrogen) atoms. The maximum absolute atomic E-state index is 11.9. The maximum atomic E-state index is 11.9. The molecular formula is C14H14N4O3. The molecule has 0 amide bonds. The van der Waals surface area contributed by atoms with Gasteiger partial charge in [-0.05, 0) is 46.9 Å². The molecule has 1 aromatic heterocycles. The van der Waals surface area contributed by atoms with Crippen LogP contribution in [0, 0.1) is 5.92 Å². The van der Waals surface area contributed by atoms with E-state index in [1.54, 1.807) is 0 Å². The van der Waals surface area contributed by atoms with Crippen LogP contribution >= 0.6 is 0 Å². The Bertz CT molecular complexity index is 682. The monoisotopic (exact) mass is 286 g/mol. The molecule has 0 saturated heterocycles. The largest absolute Gasteiger partial charge is 0.481 e. The molecule has 1 aliphatic carbocycles. The molecule has 1 unspecified atom stereocenters. The fourth-order valence-corrected chi connectivity index (χ4v) is 2.75. The van der Waals surface area contributed by atoms with Gasteiger partial charge in [0.2, 0.25) is 0 Å². The highest BCUT2D eigenvalue weighted by Gasteiger charge is 2.26. The number of ketones is 1. The maximum Gasteiger partial charge on any atom is 0.310 e. The van der Waals surface area contributed by atoms with Gasteiger partial charge in [-0.25, -0.2) is 5.10 Å². The van der Waals surface area contributed by atoms with Crippen molar-refractivity contribution < 1.29 is 14.7 Å². The van der Waals surface area contributed by atoms with Crippen molar-refractivity contribution in [3.05, 3.63) is 29.3 Å². The highest BCUT2D eigenvalue weighted by Crippen LogP contribution is 2.29. The van der Waals surface area contributed by atoms with E-state index in [0.717, 1.165) is 17.5 Å². The molecule has 1 atom stereocenters. The van der Waals surface area contributed by atoms with Gasteiger partial charge >= 0.3 is 5.97 Å². The molecule has 0 spiro atoms. The number of Topliss-reactive ketones (excluding diaryl/α,β-unsaturated/α-hetero) is 1. The van der Waals surface area contributed by atoms with E-state index >= 15 is 0 Å². The fourth-order valence-electron chi connectivity index (χ4n) is 2.75. The minimum absolute atomic E-state index is 0.184. The van der Waals surface area contributed by atoms with Crippen molar-refractivity contribution in [2.24, 2.45) is 5.92 Å². The van der Waals surface area contributed by atoms with Crippen molar-refractivity contribution in [1.29, 1.82) is 0 Å². The van der Waals surface area contributed by atoms with Gasteiger partial charge in [-0.1, -0.05) is 12.1 Å². The Balaban J connectivity index is 1.78. The smallest absolute Gasteiger partial charge is 0.310 e. The summed E-state index contributed by atoms with van der Waals surface area (Å²) < 4.78 is 0. The lowest BCUT2D eigenvalue weighted by atomic mass is 9.80. The summed E-state index contributed by atoms with van der Waals surface area (Å²) in [5.74, 6) is -0.816. The normalized spacial score (nSPS) is 17.2. The standard InChI is InChI=1S/C14H14N4O3/c19-12(7-13(20)21)10-3-1-9-6-11(4-2-8(9)5-10)14-15-17-18-16-14/h2,4,6,10H,1,3,5,7H2,(H,20,21)(H,15,16,17,18). The van der Waals surface area contributed by atoms with Gasteiger partial charge in [0.25, 0.3) is 0 Å². The van der Waals surface area contributed by atoms with E-state index < -0.39 is 5.97 Å². The Kier molecular flexibility index (Phi) is 3.47. The van der Waals surface area contributed by atoms with Gasteiger partial charge in [-0.3, -0.25) is 9.59 Å². The van der Waals surface area contributed by atoms with E-state index in [1.165, 1.54) is 5.56 Å². The molecule has 0 saturated carbocycles. The van der Waals surface area contributed by atoms with Crippen LogP contribution < -0.4 is 0 Å². The number of carboxylic acids is 1. The lowest BCUT2D eigenvalue weighted by molar-refractivity contribution is -0.141. The van der Waals surface area contributed by atoms with Crippen molar-refractivity contribution in [3.63, 3.8) is 0 Å². The van der Waals surface area contributed by atoms with Crippen molar-refractivity contribution >= 4 is 11.8 Å². The molecule has 1 aliphatic rings. The third kappa shape index (κ3) is 2.81. The van der Waals surface area contributed by atoms with E-state index in [1.807, 2.05) is 18.2 Å². The van der Waals surface area contributed by atoms with Gasteiger partial charge < -0.3 is 5.11 Å². The number of hydrogen-bond donors (Lipinski definition) is 2. The first-order valence-corrected chi connectivity index (χ1v) is 6.74. The number of aliphatic carboxylic acids is 1. The molecule has 1 aromatic carbocycles. The van der Waals surface area contributed by atoms with Gasteiger partial charge in [-0.2, -0.15) is 0 Å². The Labute approximate surface area is 120 Å². The molecule has 1 heterocycles. The van der Waals surface area contributed by atoms with Crippen LogP contribution in [-0.2, 0) is 22.4 Å². The number of tetrazole rings is 1. The number of nitrogens with one attached hydrogen (secondary N) is 1. The van der Waals surface area contributed by atoms with Gasteiger partial charge in [0.1, 0.15) is 12.2 Å². The minimum Gasteiger partial charge on any atom is -0.481 e. The highest BCUT2D eigenvalue weighted by atomic mass is 16.4. The van der Waals surface area contributed by atoms with E-state index in [0.29, 0.717) is 18.7 Å². The lowest BCUT2D eigenvalue weighted by Gasteiger charge is -2.23. The van der Waals surface area contributed by atoms with Crippen molar-refractivity contribution in [3.8, 4) is 11.4 Å². The van der Waals surface area contributed by atoms with Gasteiger partial charge in [0.15, 0.2) is 5.82 Å². The molecule has 108 valence electrons. The topological polar surface area (TPSA) is 109 Å². The first-order chi connectivity index (χ1) is 10.1. The van der Waals surface area contributed by atoms with Gasteiger partial charge in [0.05, 0.1) is 0 Å². The van der Waals surface area contributed by atoms with Crippen LogP contribution in [0.25, 0.3) is 11.4 Å². The van der Waals surface area contributed by atoms with Gasteiger partial charge in [-0.15, -0.1) is 5.10 Å². The second-order valence-electron chi connectivity index (χ2n) is 5.21. The molecule has 2 N–H and O–H groups in total. The zero-order valence-corrected chi connectivity index (χ0v) is 11.2. The molecular weight excluding hydrogens is 272 g/mol. The number of aryl methyl sites for hydroxylation is 1. The number of aromatic nitrogens is 4. The Hall–Kier alpha value is -2.57. The average Bonchev–Trinajstić information content (AvgIpc) is 2.99. The third-order valence-corrected chi connectivity index (χ3v) is 3.83. The third-order valence-electron chi connectivity index (χ3n) is 3.83. The number of aromatic amines is 1. The SMILES string of the molecule is O=C(O)CC(=O)C1CCc2cc(-c3nnn[nH]3)ccc2C1. The number of nitrogens with zero attached hydrogens (tertiary/aromatic N) is 3. The van der Waals surface area contributed by atoms with Crippen LogP contribution in [0.3, 0.4) is 0 Å². The Morgan fingerprint density at radius 2 is 2.19 bits per heavy atom. The molecule has 7 heteroatoms. The minimum atomic E-state index is -1.06. The summed E-state index contributed by atoms with van der Waals surface area (Å²) in [7, 11) is 0. The van der Waals surface area contributed by atoms with Crippen molar-refractivity contribution in [1.82, 2.24) is 20.6 Å². The summed E-state index contributed by atoms with van der Waals surface area (Å²) in [5.41, 5.74) is 3.18. The average molecular weight is 286 g/mol. The molecule has 2 aromatic rings. The molecule has 3 rings (SSSR count). The fraction of sp³-hybridized carbons (Fsp3) is 0.357. The quantitative estimate of drug-likeness (QED) is 0.812. The summed E-state index contributed by atoms with van der Waals surface area (Å²) in [5, 5.41) is 22.4. The predicted octanol–water partition coefficient (Wildman–Crippen LogP) is 1.02. The molecule has 0 radical (unpaired) electrons. The van der Waals surface area contributed by atoms with Crippen molar-refractivity contribution in [2.75, 3.05) is 0 Å². The summed E-state index contributed by atoms with van der Waals surface area (Å²) in [6.45, 7) is 0. The molecule has 0 bridgehead atoms.